The van der Waals surface area contributed by atoms with E-state index in [1.54, 1.807) is 11.3 Å². The first-order valence-electron chi connectivity index (χ1n) is 8.94. The van der Waals surface area contributed by atoms with Gasteiger partial charge in [-0.3, -0.25) is 4.79 Å². The molecule has 2 atom stereocenters. The molecule has 2 aliphatic rings. The Morgan fingerprint density at radius 2 is 1.88 bits per heavy atom. The summed E-state index contributed by atoms with van der Waals surface area (Å²) >= 11 is 1.71. The molecule has 0 unspecified atom stereocenters. The Morgan fingerprint density at radius 3 is 2.71 bits per heavy atom. The number of rotatable bonds is 2. The minimum atomic E-state index is 0.0223. The average Bonchev–Trinajstić information content (AvgIpc) is 3.12. The van der Waals surface area contributed by atoms with Crippen LogP contribution in [0.3, 0.4) is 0 Å². The molecule has 2 N–H and O–H groups in total. The predicted molar refractivity (Wildman–Crippen MR) is 98.6 cm³/mol. The summed E-state index contributed by atoms with van der Waals surface area (Å²) in [5.74, 6) is 0.412. The van der Waals surface area contributed by atoms with E-state index in [-0.39, 0.29) is 17.9 Å². The lowest BCUT2D eigenvalue weighted by atomic mass is 9.95. The topological polar surface area (TPSA) is 46.3 Å². The lowest BCUT2D eigenvalue weighted by Crippen LogP contribution is -2.31. The summed E-state index contributed by atoms with van der Waals surface area (Å²) in [4.78, 5) is 17.2. The number of thiophene rings is 1. The number of amides is 1. The molecule has 1 aliphatic carbocycles. The predicted octanol–water partition coefficient (Wildman–Crippen LogP) is 3.58. The maximum Gasteiger partial charge on any atom is 0.264 e. The number of hydrogen-bond acceptors (Lipinski definition) is 3. The van der Waals surface area contributed by atoms with Crippen LogP contribution in [0.1, 0.15) is 50.9 Å². The molecule has 4 heteroatoms. The van der Waals surface area contributed by atoms with Crippen molar-refractivity contribution in [2.24, 2.45) is 5.73 Å². The van der Waals surface area contributed by atoms with E-state index in [4.69, 9.17) is 5.73 Å². The number of nitrogens with zero attached hydrogens (tertiary/aromatic N) is 1. The van der Waals surface area contributed by atoms with Gasteiger partial charge < -0.3 is 10.6 Å². The first kappa shape index (κ1) is 15.9. The van der Waals surface area contributed by atoms with Gasteiger partial charge in [0.05, 0.1) is 4.88 Å². The Bertz CT molecular complexity index is 701. The van der Waals surface area contributed by atoms with E-state index in [1.807, 2.05) is 23.1 Å². The third-order valence-electron chi connectivity index (χ3n) is 5.34. The van der Waals surface area contributed by atoms with Crippen molar-refractivity contribution in [2.75, 3.05) is 13.1 Å². The number of aryl methyl sites for hydroxylation is 2. The van der Waals surface area contributed by atoms with Gasteiger partial charge >= 0.3 is 0 Å². The largest absolute Gasteiger partial charge is 0.336 e. The van der Waals surface area contributed by atoms with Crippen molar-refractivity contribution < 1.29 is 4.79 Å². The first-order valence-corrected chi connectivity index (χ1v) is 9.75. The van der Waals surface area contributed by atoms with Crippen LogP contribution in [0.2, 0.25) is 0 Å². The van der Waals surface area contributed by atoms with Gasteiger partial charge in [0.2, 0.25) is 0 Å². The SMILES string of the molecule is N[C@@H]1CN(C(=O)c2cc3c(s2)CCCCC3)C[C@H]1c1ccccc1. The number of likely N-dealkylation sites (tertiary alicyclic amines) is 1. The van der Waals surface area contributed by atoms with Crippen molar-refractivity contribution in [3.8, 4) is 0 Å². The third-order valence-corrected chi connectivity index (χ3v) is 6.56. The second-order valence-corrected chi connectivity index (χ2v) is 8.15. The molecule has 4 rings (SSSR count). The summed E-state index contributed by atoms with van der Waals surface area (Å²) in [5, 5.41) is 0. The molecule has 1 saturated heterocycles. The summed E-state index contributed by atoms with van der Waals surface area (Å²) in [5.41, 5.74) is 8.99. The van der Waals surface area contributed by atoms with Crippen LogP contribution >= 0.6 is 11.3 Å². The van der Waals surface area contributed by atoms with Crippen molar-refractivity contribution >= 4 is 17.2 Å². The fourth-order valence-corrected chi connectivity index (χ4v) is 5.20. The van der Waals surface area contributed by atoms with E-state index in [2.05, 4.69) is 18.2 Å². The van der Waals surface area contributed by atoms with E-state index >= 15 is 0 Å². The minimum Gasteiger partial charge on any atom is -0.336 e. The average molecular weight is 340 g/mol. The zero-order valence-corrected chi connectivity index (χ0v) is 14.7. The van der Waals surface area contributed by atoms with Gasteiger partial charge in [0.25, 0.3) is 5.91 Å². The summed E-state index contributed by atoms with van der Waals surface area (Å²) in [6.07, 6.45) is 6.09. The zero-order chi connectivity index (χ0) is 16.5. The highest BCUT2D eigenvalue weighted by Gasteiger charge is 2.34. The Balaban J connectivity index is 1.51. The highest BCUT2D eigenvalue weighted by molar-refractivity contribution is 7.14. The van der Waals surface area contributed by atoms with Gasteiger partial charge in [-0.25, -0.2) is 0 Å². The Kier molecular flexibility index (Phi) is 4.42. The number of hydrogen-bond donors (Lipinski definition) is 1. The number of benzene rings is 1. The molecule has 1 amide bonds. The Labute approximate surface area is 147 Å². The van der Waals surface area contributed by atoms with Gasteiger partial charge in [0.1, 0.15) is 0 Å². The molecular weight excluding hydrogens is 316 g/mol. The minimum absolute atomic E-state index is 0.0223. The van der Waals surface area contributed by atoms with Crippen LogP contribution in [0.4, 0.5) is 0 Å². The number of carbonyl (C=O) groups is 1. The summed E-state index contributed by atoms with van der Waals surface area (Å²) < 4.78 is 0. The molecule has 1 aliphatic heterocycles. The number of fused-ring (bicyclic) bond motifs is 1. The van der Waals surface area contributed by atoms with E-state index < -0.39 is 0 Å². The molecule has 0 saturated carbocycles. The van der Waals surface area contributed by atoms with Crippen molar-refractivity contribution in [2.45, 2.75) is 44.1 Å². The van der Waals surface area contributed by atoms with Crippen LogP contribution < -0.4 is 5.73 Å². The molecule has 1 aromatic heterocycles. The molecular formula is C20H24N2OS. The van der Waals surface area contributed by atoms with Crippen LogP contribution in [0.25, 0.3) is 0 Å². The summed E-state index contributed by atoms with van der Waals surface area (Å²) in [6, 6.07) is 12.5. The van der Waals surface area contributed by atoms with Crippen LogP contribution in [0.5, 0.6) is 0 Å². The lowest BCUT2D eigenvalue weighted by molar-refractivity contribution is 0.0794. The molecule has 1 fully saturated rings. The standard InChI is InChI=1S/C20H24N2OS/c21-17-13-22(12-16(17)14-7-3-1-4-8-14)20(23)19-11-15-9-5-2-6-10-18(15)24-19/h1,3-4,7-8,11,16-17H,2,5-6,9-10,12-13,21H2/t16-,17+/m0/s1. The Hall–Kier alpha value is -1.65. The normalized spacial score (nSPS) is 23.8. The lowest BCUT2D eigenvalue weighted by Gasteiger charge is -2.15. The van der Waals surface area contributed by atoms with Crippen LogP contribution in [0.15, 0.2) is 36.4 Å². The van der Waals surface area contributed by atoms with Crippen LogP contribution in [-0.2, 0) is 12.8 Å². The fourth-order valence-electron chi connectivity index (χ4n) is 3.98. The van der Waals surface area contributed by atoms with Crippen LogP contribution in [-0.4, -0.2) is 29.9 Å². The van der Waals surface area contributed by atoms with E-state index in [0.29, 0.717) is 6.54 Å². The second kappa shape index (κ2) is 6.69. The molecule has 0 spiro atoms. The quantitative estimate of drug-likeness (QED) is 0.849. The van der Waals surface area contributed by atoms with E-state index in [9.17, 15) is 4.79 Å². The molecule has 2 aromatic rings. The van der Waals surface area contributed by atoms with Gasteiger partial charge in [-0.15, -0.1) is 11.3 Å². The highest BCUT2D eigenvalue weighted by Crippen LogP contribution is 2.32. The van der Waals surface area contributed by atoms with Crippen molar-refractivity contribution in [1.29, 1.82) is 0 Å². The maximum absolute atomic E-state index is 13.0. The van der Waals surface area contributed by atoms with E-state index in [1.165, 1.54) is 35.3 Å². The van der Waals surface area contributed by atoms with Gasteiger partial charge in [0, 0.05) is 29.9 Å². The van der Waals surface area contributed by atoms with Crippen molar-refractivity contribution in [3.63, 3.8) is 0 Å². The molecule has 0 radical (unpaired) electrons. The number of nitrogens with two attached hydrogens (primary N) is 1. The second-order valence-electron chi connectivity index (χ2n) is 7.01. The van der Waals surface area contributed by atoms with Gasteiger partial charge in [-0.05, 0) is 42.9 Å². The smallest absolute Gasteiger partial charge is 0.264 e. The number of carbonyl (C=O) groups excluding carboxylic acids is 1. The highest BCUT2D eigenvalue weighted by atomic mass is 32.1. The molecule has 126 valence electrons. The van der Waals surface area contributed by atoms with Gasteiger partial charge in [-0.1, -0.05) is 36.8 Å². The molecule has 2 heterocycles. The van der Waals surface area contributed by atoms with Gasteiger partial charge in [-0.2, -0.15) is 0 Å². The third kappa shape index (κ3) is 3.01. The Morgan fingerprint density at radius 1 is 1.08 bits per heavy atom. The molecule has 0 bridgehead atoms. The van der Waals surface area contributed by atoms with Crippen molar-refractivity contribution in [1.82, 2.24) is 4.90 Å². The zero-order valence-electron chi connectivity index (χ0n) is 13.9. The maximum atomic E-state index is 13.0. The molecule has 3 nitrogen and oxygen atoms in total. The monoisotopic (exact) mass is 340 g/mol. The van der Waals surface area contributed by atoms with E-state index in [0.717, 1.165) is 24.3 Å². The molecule has 24 heavy (non-hydrogen) atoms. The van der Waals surface area contributed by atoms with Crippen LogP contribution in [0, 0.1) is 0 Å². The summed E-state index contributed by atoms with van der Waals surface area (Å²) in [6.45, 7) is 1.38. The van der Waals surface area contributed by atoms with Gasteiger partial charge in [0.15, 0.2) is 0 Å². The molecule has 1 aromatic carbocycles. The fraction of sp³-hybridized carbons (Fsp3) is 0.450. The van der Waals surface area contributed by atoms with Crippen molar-refractivity contribution in [3.05, 3.63) is 57.3 Å². The first-order chi connectivity index (χ1) is 11.7. The summed E-state index contributed by atoms with van der Waals surface area (Å²) in [7, 11) is 0.